The minimum absolute atomic E-state index is 0. The van der Waals surface area contributed by atoms with Crippen LogP contribution in [0, 0.1) is 11.2 Å². The van der Waals surface area contributed by atoms with Crippen LogP contribution in [0.2, 0.25) is 0 Å². The van der Waals surface area contributed by atoms with Crippen molar-refractivity contribution in [3.05, 3.63) is 58.4 Å². The van der Waals surface area contributed by atoms with E-state index in [0.29, 0.717) is 56.9 Å². The number of amides is 2. The van der Waals surface area contributed by atoms with Gasteiger partial charge in [0.2, 0.25) is 11.8 Å². The molecular weight excluding hydrogens is 630 g/mol. The number of halogens is 1. The Labute approximate surface area is 290 Å². The van der Waals surface area contributed by atoms with Gasteiger partial charge in [0.15, 0.2) is 5.65 Å². The second kappa shape index (κ2) is 13.5. The van der Waals surface area contributed by atoms with Crippen LogP contribution in [0.3, 0.4) is 0 Å². The summed E-state index contributed by atoms with van der Waals surface area (Å²) in [6.45, 7) is 17.7. The summed E-state index contributed by atoms with van der Waals surface area (Å²) in [7, 11) is 0. The molecule has 3 aromatic rings. The maximum atomic E-state index is 15.8. The van der Waals surface area contributed by atoms with Crippen LogP contribution in [0.25, 0.3) is 11.2 Å². The van der Waals surface area contributed by atoms with E-state index >= 15 is 4.39 Å². The molecule has 1 unspecified atom stereocenters. The van der Waals surface area contributed by atoms with Crippen molar-refractivity contribution >= 4 is 40.4 Å². The van der Waals surface area contributed by atoms with Crippen molar-refractivity contribution in [2.45, 2.75) is 89.4 Å². The lowest BCUT2D eigenvalue weighted by atomic mass is 9.92. The number of benzene rings is 1. The number of H-pyrrole nitrogens is 1. The summed E-state index contributed by atoms with van der Waals surface area (Å²) in [5.74, 6) is -0.377. The maximum Gasteiger partial charge on any atom is 0.327 e. The van der Waals surface area contributed by atoms with Crippen molar-refractivity contribution < 1.29 is 16.8 Å². The Morgan fingerprint density at radius 3 is 2.38 bits per heavy atom. The van der Waals surface area contributed by atoms with Gasteiger partial charge < -0.3 is 14.7 Å². The van der Waals surface area contributed by atoms with E-state index in [0.717, 1.165) is 30.6 Å². The van der Waals surface area contributed by atoms with Gasteiger partial charge in [0.1, 0.15) is 11.2 Å². The number of carbonyl (C=O) groups excluding carboxylic acids is 2. The van der Waals surface area contributed by atoms with Crippen LogP contribution in [0.4, 0.5) is 10.1 Å². The van der Waals surface area contributed by atoms with Crippen LogP contribution in [0.1, 0.15) is 87.1 Å². The predicted octanol–water partition coefficient (Wildman–Crippen LogP) is 5.91. The zero-order valence-corrected chi connectivity index (χ0v) is 30.0. The smallest absolute Gasteiger partial charge is 0.327 e. The van der Waals surface area contributed by atoms with Crippen LogP contribution < -0.4 is 10.6 Å². The molecule has 1 N–H and O–H groups in total. The molecule has 5 heterocycles. The predicted molar refractivity (Wildman–Crippen MR) is 194 cm³/mol. The lowest BCUT2D eigenvalue weighted by Gasteiger charge is -2.43. The number of rotatable bonds is 7. The first-order valence-corrected chi connectivity index (χ1v) is 18.2. The normalized spacial score (nSPS) is 21.9. The summed E-state index contributed by atoms with van der Waals surface area (Å²) in [6, 6.07) is 8.89. The van der Waals surface area contributed by atoms with Crippen molar-refractivity contribution in [3.8, 4) is 0 Å². The van der Waals surface area contributed by atoms with Gasteiger partial charge in [-0.15, -0.1) is 11.8 Å². The molecule has 2 aromatic heterocycles. The second-order valence-corrected chi connectivity index (χ2v) is 16.9. The largest absolute Gasteiger partial charge is 0.366 e. The molecule has 0 radical (unpaired) electrons. The Bertz CT molecular complexity index is 1710. The molecular formula is C36H54FN7O3S. The van der Waals surface area contributed by atoms with Gasteiger partial charge in [0.05, 0.1) is 16.5 Å². The monoisotopic (exact) mass is 683 g/mol. The number of para-hydroxylation sites is 1. The zero-order chi connectivity index (χ0) is 34.4. The van der Waals surface area contributed by atoms with Gasteiger partial charge >= 0.3 is 5.69 Å². The maximum absolute atomic E-state index is 15.8. The van der Waals surface area contributed by atoms with Crippen LogP contribution in [0.15, 0.2) is 41.3 Å². The lowest BCUT2D eigenvalue weighted by molar-refractivity contribution is -0.136. The third-order valence-electron chi connectivity index (χ3n) is 10.1. The number of hydrogen-bond acceptors (Lipinski definition) is 7. The molecule has 2 atom stereocenters. The summed E-state index contributed by atoms with van der Waals surface area (Å²) in [5, 5.41) is -0.923. The van der Waals surface area contributed by atoms with E-state index < -0.39 is 5.25 Å². The number of piperidine rings is 1. The highest BCUT2D eigenvalue weighted by Gasteiger charge is 2.44. The summed E-state index contributed by atoms with van der Waals surface area (Å²) in [6.07, 6.45) is 3.85. The molecule has 0 bridgehead atoms. The fourth-order valence-corrected chi connectivity index (χ4v) is 8.79. The fraction of sp³-hybridized carbons (Fsp3) is 0.611. The molecule has 3 aliphatic heterocycles. The Morgan fingerprint density at radius 1 is 1.00 bits per heavy atom. The number of fused-ring (bicyclic) bond motifs is 1. The highest BCUT2D eigenvalue weighted by molar-refractivity contribution is 8.01. The van der Waals surface area contributed by atoms with E-state index in [1.807, 2.05) is 28.0 Å². The molecule has 3 aliphatic rings. The van der Waals surface area contributed by atoms with Gasteiger partial charge in [-0.05, 0) is 63.6 Å². The number of likely N-dealkylation sites (tertiary alicyclic amines) is 1. The SMILES string of the molecule is CC(C)(C)CCN1C(=O)[C@H](CC(=O)N2CCC(n3c(=O)[nH]c4ncccc43)CC2)SC1c1cccc(F)c1N1CCN(C(C)(C)C)CC1.[HH].[HH]. The number of nitrogens with zero attached hydrogens (tertiary/aromatic N) is 6. The average Bonchev–Trinajstić information content (AvgIpc) is 3.54. The number of anilines is 1. The van der Waals surface area contributed by atoms with Gasteiger partial charge in [-0.2, -0.15) is 0 Å². The summed E-state index contributed by atoms with van der Waals surface area (Å²) in [5.41, 5.74) is 2.59. The van der Waals surface area contributed by atoms with E-state index in [1.54, 1.807) is 16.8 Å². The number of hydrogen-bond donors (Lipinski definition) is 1. The van der Waals surface area contributed by atoms with Crippen molar-refractivity contribution in [1.29, 1.82) is 0 Å². The molecule has 264 valence electrons. The molecule has 6 rings (SSSR count). The number of aromatic nitrogens is 3. The minimum Gasteiger partial charge on any atom is -0.366 e. The molecule has 0 saturated carbocycles. The van der Waals surface area contributed by atoms with Crippen LogP contribution in [0.5, 0.6) is 0 Å². The molecule has 3 saturated heterocycles. The van der Waals surface area contributed by atoms with E-state index in [2.05, 4.69) is 61.3 Å². The highest BCUT2D eigenvalue weighted by atomic mass is 32.2. The Morgan fingerprint density at radius 2 is 1.71 bits per heavy atom. The molecule has 48 heavy (non-hydrogen) atoms. The standard InChI is InChI=1S/C36H50FN7O3S.2H2/c1-35(2,3)14-18-43-32(46)28(23-29(45)40-16-12-24(13-17-40)44-27-11-8-15-38-31(27)39-34(44)47)48-33(43)25-9-7-10-26(37)30(25)41-19-21-42(22-20-41)36(4,5)6;;/h7-11,15,24,28,33H,12-14,16-23H2,1-6H3,(H,38,39,47);2*1H/t28-,33?;;/m0../s1. The Balaban J connectivity index is 0.00000281. The van der Waals surface area contributed by atoms with E-state index in [1.165, 1.54) is 17.8 Å². The molecule has 2 amide bonds. The molecule has 0 spiro atoms. The third-order valence-corrected chi connectivity index (χ3v) is 11.6. The molecule has 12 heteroatoms. The number of carbonyl (C=O) groups is 2. The van der Waals surface area contributed by atoms with E-state index in [4.69, 9.17) is 0 Å². The number of imidazole rings is 1. The molecule has 0 aliphatic carbocycles. The topological polar surface area (TPSA) is 97.8 Å². The van der Waals surface area contributed by atoms with Crippen LogP contribution in [-0.2, 0) is 9.59 Å². The van der Waals surface area contributed by atoms with Crippen molar-refractivity contribution in [3.63, 3.8) is 0 Å². The quantitative estimate of drug-likeness (QED) is 0.331. The van der Waals surface area contributed by atoms with E-state index in [-0.39, 0.29) is 55.0 Å². The third kappa shape index (κ3) is 7.15. The van der Waals surface area contributed by atoms with Gasteiger partial charge in [-0.3, -0.25) is 24.0 Å². The molecule has 1 aromatic carbocycles. The number of nitrogens with one attached hydrogen (secondary N) is 1. The highest BCUT2D eigenvalue weighted by Crippen LogP contribution is 2.48. The number of pyridine rings is 1. The summed E-state index contributed by atoms with van der Waals surface area (Å²) < 4.78 is 17.5. The van der Waals surface area contributed by atoms with Crippen molar-refractivity contribution in [2.24, 2.45) is 5.41 Å². The second-order valence-electron chi connectivity index (χ2n) is 15.6. The summed E-state index contributed by atoms with van der Waals surface area (Å²) in [4.78, 5) is 55.9. The van der Waals surface area contributed by atoms with Gasteiger partial charge in [-0.1, -0.05) is 32.9 Å². The zero-order valence-electron chi connectivity index (χ0n) is 29.2. The number of aromatic amines is 1. The number of thioether (sulfide) groups is 1. The molecule has 10 nitrogen and oxygen atoms in total. The molecule has 3 fully saturated rings. The van der Waals surface area contributed by atoms with Gasteiger partial charge in [0, 0.05) is 78.4 Å². The van der Waals surface area contributed by atoms with Crippen molar-refractivity contribution in [1.82, 2.24) is 29.2 Å². The first kappa shape index (κ1) is 34.5. The first-order chi connectivity index (χ1) is 22.7. The van der Waals surface area contributed by atoms with E-state index in [9.17, 15) is 14.4 Å². The fourth-order valence-electron chi connectivity index (χ4n) is 7.30. The van der Waals surface area contributed by atoms with Crippen LogP contribution >= 0.6 is 11.8 Å². The van der Waals surface area contributed by atoms with Gasteiger partial charge in [0.25, 0.3) is 0 Å². The Hall–Kier alpha value is -3.38. The first-order valence-electron chi connectivity index (χ1n) is 17.3. The lowest BCUT2D eigenvalue weighted by Crippen LogP contribution is -2.53. The average molecular weight is 684 g/mol. The van der Waals surface area contributed by atoms with Crippen molar-refractivity contribution in [2.75, 3.05) is 50.7 Å². The van der Waals surface area contributed by atoms with Crippen LogP contribution in [-0.4, -0.2) is 97.7 Å². The summed E-state index contributed by atoms with van der Waals surface area (Å²) >= 11 is 1.49. The van der Waals surface area contributed by atoms with Gasteiger partial charge in [-0.25, -0.2) is 14.2 Å². The number of piperazine rings is 1. The Kier molecular flexibility index (Phi) is 9.70. The minimum atomic E-state index is -0.545.